The predicted octanol–water partition coefficient (Wildman–Crippen LogP) is 3.35. The van der Waals surface area contributed by atoms with Crippen LogP contribution in [0.15, 0.2) is 72.1 Å². The van der Waals surface area contributed by atoms with Crippen molar-refractivity contribution in [2.24, 2.45) is 4.99 Å². The van der Waals surface area contributed by atoms with Gasteiger partial charge in [-0.3, -0.25) is 19.5 Å². The summed E-state index contributed by atoms with van der Waals surface area (Å²) in [5.74, 6) is -0.0240. The minimum atomic E-state index is -0.502. The third kappa shape index (κ3) is 5.32. The Hall–Kier alpha value is -3.13. The lowest BCUT2D eigenvalue weighted by Gasteiger charge is -2.22. The van der Waals surface area contributed by atoms with Gasteiger partial charge in [0.1, 0.15) is 16.0 Å². The molecule has 3 aromatic rings. The highest BCUT2D eigenvalue weighted by Crippen LogP contribution is 2.37. The Morgan fingerprint density at radius 2 is 2.00 bits per heavy atom. The van der Waals surface area contributed by atoms with Gasteiger partial charge in [0.25, 0.3) is 0 Å². The van der Waals surface area contributed by atoms with Gasteiger partial charge in [-0.25, -0.2) is 0 Å². The summed E-state index contributed by atoms with van der Waals surface area (Å²) in [5.41, 5.74) is 2.37. The van der Waals surface area contributed by atoms with Crippen LogP contribution in [-0.2, 0) is 17.9 Å². The zero-order valence-electron chi connectivity index (χ0n) is 17.7. The van der Waals surface area contributed by atoms with Crippen molar-refractivity contribution in [1.82, 2.24) is 20.1 Å². The zero-order valence-corrected chi connectivity index (χ0v) is 18.5. The fourth-order valence-corrected chi connectivity index (χ4v) is 4.62. The van der Waals surface area contributed by atoms with Crippen LogP contribution in [0.1, 0.15) is 25.1 Å². The lowest BCUT2D eigenvalue weighted by atomic mass is 10.0. The molecule has 160 valence electrons. The number of carbonyl (C=O) groups excluding carboxylic acids is 1. The normalized spacial score (nSPS) is 17.2. The number of nitrogens with zero attached hydrogens (tertiary/aromatic N) is 4. The summed E-state index contributed by atoms with van der Waals surface area (Å²) in [6.45, 7) is 5.95. The first-order chi connectivity index (χ1) is 15.0. The molecule has 0 saturated heterocycles. The quantitative estimate of drug-likeness (QED) is 0.568. The van der Waals surface area contributed by atoms with Crippen molar-refractivity contribution in [1.29, 1.82) is 0 Å². The first-order valence-corrected chi connectivity index (χ1v) is 11.1. The Kier molecular flexibility index (Phi) is 6.36. The first kappa shape index (κ1) is 21.1. The van der Waals surface area contributed by atoms with Gasteiger partial charge in [0.2, 0.25) is 5.91 Å². The minimum Gasteiger partial charge on any atom is -0.383 e. The molecule has 1 amide bonds. The molecular weight excluding hydrogens is 408 g/mol. The lowest BCUT2D eigenvalue weighted by Crippen LogP contribution is -2.42. The molecule has 2 aromatic heterocycles. The molecule has 4 rings (SSSR count). The summed E-state index contributed by atoms with van der Waals surface area (Å²) in [4.78, 5) is 21.7. The van der Waals surface area contributed by atoms with Crippen molar-refractivity contribution in [3.63, 3.8) is 0 Å². The molecule has 8 heteroatoms. The van der Waals surface area contributed by atoms with Crippen molar-refractivity contribution in [3.05, 3.63) is 78.4 Å². The Bertz CT molecular complexity index is 1050. The number of carbonyl (C=O) groups is 1. The summed E-state index contributed by atoms with van der Waals surface area (Å²) in [5, 5.41) is 11.6. The number of amides is 1. The highest BCUT2D eigenvalue weighted by molar-refractivity contribution is 8.15. The second-order valence-electron chi connectivity index (χ2n) is 7.90. The molecule has 2 N–H and O–H groups in total. The molecule has 1 unspecified atom stereocenters. The fraction of sp³-hybridized carbons (Fsp3) is 0.304. The summed E-state index contributed by atoms with van der Waals surface area (Å²) in [6.07, 6.45) is 5.43. The number of aliphatic imine (C=N–C) groups is 1. The van der Waals surface area contributed by atoms with Crippen LogP contribution in [0.25, 0.3) is 0 Å². The topological polar surface area (TPSA) is 84.2 Å². The number of para-hydroxylation sites is 1. The zero-order chi connectivity index (χ0) is 21.7. The fourth-order valence-electron chi connectivity index (χ4n) is 3.35. The third-order valence-electron chi connectivity index (χ3n) is 4.99. The van der Waals surface area contributed by atoms with Gasteiger partial charge >= 0.3 is 0 Å². The van der Waals surface area contributed by atoms with Gasteiger partial charge in [-0.15, -0.1) is 0 Å². The molecule has 0 spiro atoms. The maximum absolute atomic E-state index is 12.8. The van der Waals surface area contributed by atoms with E-state index in [1.165, 1.54) is 11.8 Å². The number of aromatic nitrogens is 3. The molecule has 1 aliphatic heterocycles. The van der Waals surface area contributed by atoms with Crippen LogP contribution in [0.3, 0.4) is 0 Å². The Morgan fingerprint density at radius 3 is 2.77 bits per heavy atom. The second-order valence-corrected chi connectivity index (χ2v) is 9.00. The molecule has 0 aliphatic carbocycles. The van der Waals surface area contributed by atoms with Crippen LogP contribution in [-0.4, -0.2) is 43.0 Å². The smallest absolute Gasteiger partial charge is 0.236 e. The number of nitrogens with one attached hydrogen (secondary N) is 2. The molecule has 1 atom stereocenters. The average Bonchev–Trinajstić information content (AvgIpc) is 3.37. The molecular formula is C23H26N6OS. The van der Waals surface area contributed by atoms with Crippen molar-refractivity contribution >= 4 is 28.4 Å². The molecule has 0 fully saturated rings. The molecule has 0 radical (unpaired) electrons. The van der Waals surface area contributed by atoms with Crippen molar-refractivity contribution in [2.45, 2.75) is 37.7 Å². The Morgan fingerprint density at radius 1 is 1.16 bits per heavy atom. The number of anilines is 1. The van der Waals surface area contributed by atoms with Gasteiger partial charge in [-0.2, -0.15) is 5.10 Å². The molecule has 1 aromatic carbocycles. The van der Waals surface area contributed by atoms with Gasteiger partial charge < -0.3 is 10.6 Å². The molecule has 1 aliphatic rings. The van der Waals surface area contributed by atoms with E-state index < -0.39 is 5.54 Å². The maximum Gasteiger partial charge on any atom is 0.236 e. The standard InChI is InChI=1S/C23H26N6OS/c1-23(2)20(21(30)26-16-17-7-6-11-24-15-17)31-22(27-23)19-10-13-29(28-19)14-12-25-18-8-4-3-5-9-18/h3-11,13,15,20,25H,12,14,16H2,1-2H3,(H,26,30). The van der Waals surface area contributed by atoms with Crippen LogP contribution >= 0.6 is 11.8 Å². The molecule has 31 heavy (non-hydrogen) atoms. The number of pyridine rings is 1. The minimum absolute atomic E-state index is 0.0240. The number of rotatable bonds is 8. The van der Waals surface area contributed by atoms with Gasteiger partial charge in [0.05, 0.1) is 12.1 Å². The summed E-state index contributed by atoms with van der Waals surface area (Å²) < 4.78 is 1.90. The number of hydrogen-bond acceptors (Lipinski definition) is 6. The summed E-state index contributed by atoms with van der Waals surface area (Å²) in [7, 11) is 0. The molecule has 0 saturated carbocycles. The monoisotopic (exact) mass is 434 g/mol. The van der Waals surface area contributed by atoms with E-state index in [-0.39, 0.29) is 11.2 Å². The highest BCUT2D eigenvalue weighted by atomic mass is 32.2. The maximum atomic E-state index is 12.8. The largest absolute Gasteiger partial charge is 0.383 e. The van der Waals surface area contributed by atoms with Crippen LogP contribution in [0.5, 0.6) is 0 Å². The van der Waals surface area contributed by atoms with E-state index in [0.717, 1.165) is 35.1 Å². The van der Waals surface area contributed by atoms with E-state index in [2.05, 4.69) is 20.7 Å². The van der Waals surface area contributed by atoms with Gasteiger partial charge in [0, 0.05) is 37.4 Å². The highest BCUT2D eigenvalue weighted by Gasteiger charge is 2.42. The van der Waals surface area contributed by atoms with E-state index in [1.54, 1.807) is 12.4 Å². The second kappa shape index (κ2) is 9.34. The number of benzene rings is 1. The van der Waals surface area contributed by atoms with Crippen molar-refractivity contribution < 1.29 is 4.79 Å². The van der Waals surface area contributed by atoms with E-state index in [4.69, 9.17) is 4.99 Å². The number of hydrogen-bond donors (Lipinski definition) is 2. The molecule has 0 bridgehead atoms. The first-order valence-electron chi connectivity index (χ1n) is 10.3. The van der Waals surface area contributed by atoms with Crippen LogP contribution in [0.2, 0.25) is 0 Å². The summed E-state index contributed by atoms with van der Waals surface area (Å²) in [6, 6.07) is 15.9. The third-order valence-corrected chi connectivity index (χ3v) is 6.54. The van der Waals surface area contributed by atoms with E-state index in [1.807, 2.05) is 73.3 Å². The predicted molar refractivity (Wildman–Crippen MR) is 125 cm³/mol. The average molecular weight is 435 g/mol. The van der Waals surface area contributed by atoms with Gasteiger partial charge in [0.15, 0.2) is 0 Å². The van der Waals surface area contributed by atoms with E-state index in [9.17, 15) is 4.79 Å². The molecule has 3 heterocycles. The van der Waals surface area contributed by atoms with Gasteiger partial charge in [-0.05, 0) is 43.7 Å². The SMILES string of the molecule is CC1(C)N=C(c2ccn(CCNc3ccccc3)n2)SC1C(=O)NCc1cccnc1. The van der Waals surface area contributed by atoms with Crippen LogP contribution in [0, 0.1) is 0 Å². The van der Waals surface area contributed by atoms with E-state index >= 15 is 0 Å². The van der Waals surface area contributed by atoms with Gasteiger partial charge in [-0.1, -0.05) is 36.0 Å². The summed E-state index contributed by atoms with van der Waals surface area (Å²) >= 11 is 1.48. The lowest BCUT2D eigenvalue weighted by molar-refractivity contribution is -0.121. The Balaban J connectivity index is 1.33. The van der Waals surface area contributed by atoms with Crippen LogP contribution in [0.4, 0.5) is 5.69 Å². The van der Waals surface area contributed by atoms with Crippen LogP contribution < -0.4 is 10.6 Å². The van der Waals surface area contributed by atoms with E-state index in [0.29, 0.717) is 6.54 Å². The Labute approximate surface area is 186 Å². The number of thioether (sulfide) groups is 1. The van der Waals surface area contributed by atoms with Crippen molar-refractivity contribution in [2.75, 3.05) is 11.9 Å². The van der Waals surface area contributed by atoms with Crippen molar-refractivity contribution in [3.8, 4) is 0 Å². The molecule has 7 nitrogen and oxygen atoms in total.